The maximum absolute atomic E-state index is 12.2. The first kappa shape index (κ1) is 19.9. The van der Waals surface area contributed by atoms with E-state index in [2.05, 4.69) is 9.97 Å². The van der Waals surface area contributed by atoms with Crippen LogP contribution in [0.4, 0.5) is 11.6 Å². The van der Waals surface area contributed by atoms with Gasteiger partial charge in [0.15, 0.2) is 6.61 Å². The van der Waals surface area contributed by atoms with Crippen LogP contribution >= 0.6 is 0 Å². The van der Waals surface area contributed by atoms with Gasteiger partial charge in [0, 0.05) is 50.7 Å². The molecule has 10 nitrogen and oxygen atoms in total. The van der Waals surface area contributed by atoms with Crippen LogP contribution < -0.4 is 4.90 Å². The van der Waals surface area contributed by atoms with Crippen LogP contribution in [0.5, 0.6) is 0 Å². The Morgan fingerprint density at radius 1 is 1.10 bits per heavy atom. The van der Waals surface area contributed by atoms with Gasteiger partial charge < -0.3 is 14.5 Å². The van der Waals surface area contributed by atoms with Crippen molar-refractivity contribution in [1.82, 2.24) is 14.9 Å². The summed E-state index contributed by atoms with van der Waals surface area (Å²) in [5.74, 6) is -0.426. The van der Waals surface area contributed by atoms with Crippen LogP contribution in [0.25, 0.3) is 6.08 Å². The first-order chi connectivity index (χ1) is 14.0. The predicted octanol–water partition coefficient (Wildman–Crippen LogP) is 1.29. The molecule has 0 saturated carbocycles. The molecule has 0 aliphatic carbocycles. The summed E-state index contributed by atoms with van der Waals surface area (Å²) in [7, 11) is 0. The number of nitro groups is 1. The summed E-state index contributed by atoms with van der Waals surface area (Å²) in [5.41, 5.74) is 0.160. The van der Waals surface area contributed by atoms with Crippen LogP contribution in [0.1, 0.15) is 5.56 Å². The summed E-state index contributed by atoms with van der Waals surface area (Å²) in [6, 6.07) is 7.76. The Balaban J connectivity index is 1.46. The molecule has 0 N–H and O–H groups in total. The van der Waals surface area contributed by atoms with Crippen molar-refractivity contribution in [3.05, 3.63) is 64.5 Å². The van der Waals surface area contributed by atoms with Gasteiger partial charge in [-0.25, -0.2) is 14.8 Å². The van der Waals surface area contributed by atoms with Crippen molar-refractivity contribution in [1.29, 1.82) is 0 Å². The van der Waals surface area contributed by atoms with Gasteiger partial charge in [-0.3, -0.25) is 14.9 Å². The van der Waals surface area contributed by atoms with E-state index >= 15 is 0 Å². The van der Waals surface area contributed by atoms with Crippen LogP contribution in [0.15, 0.2) is 48.8 Å². The SMILES string of the molecule is O=C(/C=C/c1ccccc1[N+](=O)[O-])OCC(=O)N1CCN(c2ncccn2)CC1. The normalized spacial score (nSPS) is 14.1. The molecule has 10 heteroatoms. The lowest BCUT2D eigenvalue weighted by atomic mass is 10.1. The van der Waals surface area contributed by atoms with Crippen molar-refractivity contribution in [2.24, 2.45) is 0 Å². The molecule has 2 aromatic rings. The second-order valence-electron chi connectivity index (χ2n) is 6.17. The van der Waals surface area contributed by atoms with E-state index in [1.165, 1.54) is 24.3 Å². The number of nitro benzene ring substituents is 1. The molecule has 1 aliphatic heterocycles. The number of hydrogen-bond acceptors (Lipinski definition) is 8. The number of ether oxygens (including phenoxy) is 1. The number of hydrogen-bond donors (Lipinski definition) is 0. The van der Waals surface area contributed by atoms with Gasteiger partial charge in [0.25, 0.3) is 11.6 Å². The number of benzene rings is 1. The molecule has 3 rings (SSSR count). The number of piperazine rings is 1. The summed E-state index contributed by atoms with van der Waals surface area (Å²) in [4.78, 5) is 46.5. The van der Waals surface area contributed by atoms with E-state index in [0.717, 1.165) is 6.08 Å². The van der Waals surface area contributed by atoms with Crippen LogP contribution in [0, 0.1) is 10.1 Å². The third-order valence-electron chi connectivity index (χ3n) is 4.34. The number of aromatic nitrogens is 2. The van der Waals surface area contributed by atoms with E-state index in [-0.39, 0.29) is 23.8 Å². The summed E-state index contributed by atoms with van der Waals surface area (Å²) < 4.78 is 4.97. The minimum absolute atomic E-state index is 0.118. The van der Waals surface area contributed by atoms with Gasteiger partial charge in [0.1, 0.15) is 0 Å². The van der Waals surface area contributed by atoms with Gasteiger partial charge in [0.2, 0.25) is 5.95 Å². The average molecular weight is 397 g/mol. The molecule has 0 bridgehead atoms. The lowest BCUT2D eigenvalue weighted by Gasteiger charge is -2.34. The molecule has 1 aromatic heterocycles. The summed E-state index contributed by atoms with van der Waals surface area (Å²) in [5, 5.41) is 11.0. The van der Waals surface area contributed by atoms with Crippen molar-refractivity contribution < 1.29 is 19.2 Å². The van der Waals surface area contributed by atoms with Gasteiger partial charge in [0.05, 0.1) is 10.5 Å². The molecule has 29 heavy (non-hydrogen) atoms. The zero-order valence-corrected chi connectivity index (χ0v) is 15.5. The first-order valence-electron chi connectivity index (χ1n) is 8.92. The third kappa shape index (κ3) is 5.34. The monoisotopic (exact) mass is 397 g/mol. The van der Waals surface area contributed by atoms with E-state index in [9.17, 15) is 19.7 Å². The molecular weight excluding hydrogens is 378 g/mol. The quantitative estimate of drug-likeness (QED) is 0.310. The van der Waals surface area contributed by atoms with Gasteiger partial charge >= 0.3 is 5.97 Å². The fourth-order valence-corrected chi connectivity index (χ4v) is 2.84. The van der Waals surface area contributed by atoms with Gasteiger partial charge in [-0.05, 0) is 18.2 Å². The van der Waals surface area contributed by atoms with Crippen molar-refractivity contribution in [3.8, 4) is 0 Å². The first-order valence-corrected chi connectivity index (χ1v) is 8.92. The summed E-state index contributed by atoms with van der Waals surface area (Å²) >= 11 is 0. The third-order valence-corrected chi connectivity index (χ3v) is 4.34. The molecule has 2 heterocycles. The van der Waals surface area contributed by atoms with Crippen molar-refractivity contribution >= 4 is 29.6 Å². The van der Waals surface area contributed by atoms with E-state index < -0.39 is 10.9 Å². The fraction of sp³-hybridized carbons (Fsp3) is 0.263. The molecule has 1 saturated heterocycles. The van der Waals surface area contributed by atoms with E-state index in [4.69, 9.17) is 4.74 Å². The second kappa shape index (κ2) is 9.40. The number of carbonyl (C=O) groups excluding carboxylic acids is 2. The van der Waals surface area contributed by atoms with Crippen LogP contribution in [-0.2, 0) is 14.3 Å². The smallest absolute Gasteiger partial charge is 0.331 e. The number of anilines is 1. The zero-order valence-electron chi connectivity index (χ0n) is 15.5. The van der Waals surface area contributed by atoms with E-state index in [1.54, 1.807) is 29.4 Å². The molecule has 150 valence electrons. The summed E-state index contributed by atoms with van der Waals surface area (Å²) in [6.45, 7) is 1.73. The Hall–Kier alpha value is -3.82. The number of esters is 1. The molecule has 1 fully saturated rings. The maximum atomic E-state index is 12.2. The fourth-order valence-electron chi connectivity index (χ4n) is 2.84. The molecule has 1 aromatic carbocycles. The highest BCUT2D eigenvalue weighted by Gasteiger charge is 2.23. The number of nitrogens with zero attached hydrogens (tertiary/aromatic N) is 5. The Labute approximate surface area is 166 Å². The molecule has 1 amide bonds. The molecular formula is C19H19N5O5. The Kier molecular flexibility index (Phi) is 6.46. The van der Waals surface area contributed by atoms with Crippen molar-refractivity contribution in [3.63, 3.8) is 0 Å². The lowest BCUT2D eigenvalue weighted by molar-refractivity contribution is -0.385. The molecule has 0 spiro atoms. The zero-order chi connectivity index (χ0) is 20.6. The van der Waals surface area contributed by atoms with Gasteiger partial charge in [-0.1, -0.05) is 12.1 Å². The highest BCUT2D eigenvalue weighted by molar-refractivity contribution is 5.90. The van der Waals surface area contributed by atoms with Crippen LogP contribution in [0.2, 0.25) is 0 Å². The predicted molar refractivity (Wildman–Crippen MR) is 104 cm³/mol. The maximum Gasteiger partial charge on any atom is 0.331 e. The lowest BCUT2D eigenvalue weighted by Crippen LogP contribution is -2.50. The largest absolute Gasteiger partial charge is 0.452 e. The topological polar surface area (TPSA) is 119 Å². The Morgan fingerprint density at radius 2 is 1.79 bits per heavy atom. The van der Waals surface area contributed by atoms with Crippen molar-refractivity contribution in [2.75, 3.05) is 37.7 Å². The minimum atomic E-state index is -0.743. The van der Waals surface area contributed by atoms with Crippen LogP contribution in [0.3, 0.4) is 0 Å². The molecule has 0 unspecified atom stereocenters. The van der Waals surface area contributed by atoms with Gasteiger partial charge in [-0.15, -0.1) is 0 Å². The molecule has 1 aliphatic rings. The van der Waals surface area contributed by atoms with E-state index in [0.29, 0.717) is 32.1 Å². The Morgan fingerprint density at radius 3 is 2.48 bits per heavy atom. The number of para-hydroxylation sites is 1. The highest BCUT2D eigenvalue weighted by atomic mass is 16.6. The number of carbonyl (C=O) groups is 2. The molecule has 0 radical (unpaired) electrons. The minimum Gasteiger partial charge on any atom is -0.452 e. The van der Waals surface area contributed by atoms with Crippen LogP contribution in [-0.4, -0.2) is 64.5 Å². The number of rotatable bonds is 6. The molecule has 0 atom stereocenters. The standard InChI is InChI=1S/C19H19N5O5/c25-17(22-10-12-23(13-11-22)19-20-8-3-9-21-19)14-29-18(26)7-6-15-4-1-2-5-16(15)24(27)28/h1-9H,10-14H2/b7-6+. The number of amides is 1. The van der Waals surface area contributed by atoms with E-state index in [1.807, 2.05) is 4.90 Å². The summed E-state index contributed by atoms with van der Waals surface area (Å²) in [6.07, 6.45) is 5.69. The van der Waals surface area contributed by atoms with Gasteiger partial charge in [-0.2, -0.15) is 0 Å². The average Bonchev–Trinajstić information content (AvgIpc) is 2.77. The highest BCUT2D eigenvalue weighted by Crippen LogP contribution is 2.19. The Bertz CT molecular complexity index is 910. The van der Waals surface area contributed by atoms with Crippen molar-refractivity contribution in [2.45, 2.75) is 0 Å². The second-order valence-corrected chi connectivity index (χ2v) is 6.17.